The minimum absolute atomic E-state index is 0. The normalized spacial score (nSPS) is 14.6. The van der Waals surface area contributed by atoms with Gasteiger partial charge in [0.2, 0.25) is 5.88 Å². The monoisotopic (exact) mass is 568 g/mol. The molecule has 1 aliphatic rings. The van der Waals surface area contributed by atoms with Crippen molar-refractivity contribution in [3.05, 3.63) is 48.2 Å². The summed E-state index contributed by atoms with van der Waals surface area (Å²) in [5, 5.41) is 6.89. The molecule has 0 radical (unpaired) electrons. The number of aliphatic imine (C=N–C) groups is 1. The van der Waals surface area contributed by atoms with Crippen molar-refractivity contribution in [2.75, 3.05) is 33.4 Å². The predicted octanol–water partition coefficient (Wildman–Crippen LogP) is 5.15. The van der Waals surface area contributed by atoms with Crippen molar-refractivity contribution < 1.29 is 14.2 Å². The zero-order chi connectivity index (χ0) is 22.7. The molecule has 33 heavy (non-hydrogen) atoms. The summed E-state index contributed by atoms with van der Waals surface area (Å²) >= 11 is 0. The molecule has 0 bridgehead atoms. The van der Waals surface area contributed by atoms with Gasteiger partial charge in [-0.1, -0.05) is 6.42 Å². The SMILES string of the molecule is CCNC(=NCc1ccnc(Oc2ccc(OCC)cc2)c1)NCC1(CCOC)CCC1.I. The Morgan fingerprint density at radius 1 is 1.09 bits per heavy atom. The number of rotatable bonds is 12. The van der Waals surface area contributed by atoms with Crippen molar-refractivity contribution in [3.63, 3.8) is 0 Å². The number of hydrogen-bond donors (Lipinski definition) is 2. The summed E-state index contributed by atoms with van der Waals surface area (Å²) in [5.41, 5.74) is 1.37. The van der Waals surface area contributed by atoms with E-state index in [1.807, 2.05) is 43.3 Å². The van der Waals surface area contributed by atoms with Crippen LogP contribution in [0.15, 0.2) is 47.6 Å². The Balaban J connectivity index is 0.00000385. The molecule has 1 aromatic heterocycles. The van der Waals surface area contributed by atoms with E-state index in [0.29, 0.717) is 24.4 Å². The molecule has 1 aliphatic carbocycles. The van der Waals surface area contributed by atoms with E-state index in [2.05, 4.69) is 22.5 Å². The highest BCUT2D eigenvalue weighted by Gasteiger charge is 2.36. The highest BCUT2D eigenvalue weighted by atomic mass is 127. The van der Waals surface area contributed by atoms with E-state index in [-0.39, 0.29) is 24.0 Å². The highest BCUT2D eigenvalue weighted by molar-refractivity contribution is 14.0. The molecule has 3 rings (SSSR count). The van der Waals surface area contributed by atoms with Gasteiger partial charge >= 0.3 is 0 Å². The number of ether oxygens (including phenoxy) is 3. The van der Waals surface area contributed by atoms with Gasteiger partial charge < -0.3 is 24.8 Å². The fraction of sp³-hybridized carbons (Fsp3) is 0.520. The molecule has 8 heteroatoms. The van der Waals surface area contributed by atoms with Crippen molar-refractivity contribution in [1.29, 1.82) is 0 Å². The van der Waals surface area contributed by atoms with Crippen molar-refractivity contribution >= 4 is 29.9 Å². The minimum atomic E-state index is 0. The number of hydrogen-bond acceptors (Lipinski definition) is 5. The second-order valence-electron chi connectivity index (χ2n) is 8.15. The van der Waals surface area contributed by atoms with Crippen LogP contribution in [0.2, 0.25) is 0 Å². The average molecular weight is 569 g/mol. The Morgan fingerprint density at radius 2 is 1.85 bits per heavy atom. The van der Waals surface area contributed by atoms with Crippen LogP contribution in [0.1, 0.15) is 45.1 Å². The highest BCUT2D eigenvalue weighted by Crippen LogP contribution is 2.43. The zero-order valence-corrected chi connectivity index (χ0v) is 22.3. The Morgan fingerprint density at radius 3 is 2.48 bits per heavy atom. The van der Waals surface area contributed by atoms with Gasteiger partial charge in [-0.15, -0.1) is 24.0 Å². The molecule has 182 valence electrons. The van der Waals surface area contributed by atoms with E-state index in [1.54, 1.807) is 13.3 Å². The molecule has 2 N–H and O–H groups in total. The number of nitrogens with zero attached hydrogens (tertiary/aromatic N) is 2. The van der Waals surface area contributed by atoms with E-state index in [4.69, 9.17) is 19.2 Å². The molecule has 7 nitrogen and oxygen atoms in total. The molecule has 1 heterocycles. The smallest absolute Gasteiger partial charge is 0.219 e. The van der Waals surface area contributed by atoms with Gasteiger partial charge in [-0.2, -0.15) is 0 Å². The van der Waals surface area contributed by atoms with Gasteiger partial charge in [0.25, 0.3) is 0 Å². The van der Waals surface area contributed by atoms with Crippen molar-refractivity contribution in [1.82, 2.24) is 15.6 Å². The molecular weight excluding hydrogens is 531 g/mol. The molecule has 0 saturated heterocycles. The summed E-state index contributed by atoms with van der Waals surface area (Å²) in [6, 6.07) is 11.4. The van der Waals surface area contributed by atoms with Crippen LogP contribution in [0.5, 0.6) is 17.4 Å². The van der Waals surface area contributed by atoms with E-state index in [9.17, 15) is 0 Å². The van der Waals surface area contributed by atoms with Crippen molar-refractivity contribution in [2.24, 2.45) is 10.4 Å². The van der Waals surface area contributed by atoms with Crippen LogP contribution in [-0.4, -0.2) is 44.4 Å². The maximum absolute atomic E-state index is 5.90. The fourth-order valence-electron chi connectivity index (χ4n) is 3.79. The van der Waals surface area contributed by atoms with Gasteiger partial charge in [0.15, 0.2) is 5.96 Å². The summed E-state index contributed by atoms with van der Waals surface area (Å²) in [4.78, 5) is 9.10. The number of nitrogens with one attached hydrogen (secondary N) is 2. The lowest BCUT2D eigenvalue weighted by molar-refractivity contribution is 0.0732. The number of aromatic nitrogens is 1. The Hall–Kier alpha value is -2.07. The van der Waals surface area contributed by atoms with E-state index in [0.717, 1.165) is 49.1 Å². The average Bonchev–Trinajstić information content (AvgIpc) is 2.78. The predicted molar refractivity (Wildman–Crippen MR) is 143 cm³/mol. The Bertz CT molecular complexity index is 857. The minimum Gasteiger partial charge on any atom is -0.494 e. The second kappa shape index (κ2) is 14.2. The topological polar surface area (TPSA) is 77.0 Å². The van der Waals surface area contributed by atoms with E-state index < -0.39 is 0 Å². The van der Waals surface area contributed by atoms with Gasteiger partial charge in [-0.3, -0.25) is 0 Å². The lowest BCUT2D eigenvalue weighted by Crippen LogP contribution is -2.46. The zero-order valence-electron chi connectivity index (χ0n) is 19.9. The molecule has 1 aromatic carbocycles. The van der Waals surface area contributed by atoms with Crippen molar-refractivity contribution in [3.8, 4) is 17.4 Å². The molecule has 1 fully saturated rings. The van der Waals surface area contributed by atoms with Gasteiger partial charge in [0.05, 0.1) is 13.2 Å². The standard InChI is InChI=1S/C25H36N4O3.HI/c1-4-26-24(29-19-25(12-6-13-25)14-16-30-3)28-18-20-11-15-27-23(17-20)32-22-9-7-21(8-10-22)31-5-2;/h7-11,15,17H,4-6,12-14,16,18-19H2,1-3H3,(H2,26,28,29);1H. The summed E-state index contributed by atoms with van der Waals surface area (Å²) in [6.07, 6.45) is 6.64. The number of benzene rings is 1. The summed E-state index contributed by atoms with van der Waals surface area (Å²) in [6.45, 7) is 7.78. The maximum atomic E-state index is 5.90. The van der Waals surface area contributed by atoms with E-state index >= 15 is 0 Å². The Kier molecular flexibility index (Phi) is 11.7. The summed E-state index contributed by atoms with van der Waals surface area (Å²) in [5.74, 6) is 2.93. The Labute approximate surface area is 214 Å². The molecule has 0 atom stereocenters. The van der Waals surface area contributed by atoms with Crippen LogP contribution in [0.4, 0.5) is 0 Å². The number of methoxy groups -OCH3 is 1. The summed E-state index contributed by atoms with van der Waals surface area (Å²) < 4.78 is 16.7. The molecule has 0 aliphatic heterocycles. The molecule has 2 aromatic rings. The molecule has 0 amide bonds. The largest absolute Gasteiger partial charge is 0.494 e. The summed E-state index contributed by atoms with van der Waals surface area (Å²) in [7, 11) is 1.77. The van der Waals surface area contributed by atoms with Crippen LogP contribution in [0, 0.1) is 5.41 Å². The van der Waals surface area contributed by atoms with Gasteiger partial charge in [0, 0.05) is 39.1 Å². The third-order valence-electron chi connectivity index (χ3n) is 5.80. The van der Waals surface area contributed by atoms with Crippen molar-refractivity contribution in [2.45, 2.75) is 46.1 Å². The molecule has 1 saturated carbocycles. The first-order chi connectivity index (χ1) is 15.7. The van der Waals surface area contributed by atoms with Crippen LogP contribution in [-0.2, 0) is 11.3 Å². The van der Waals surface area contributed by atoms with E-state index in [1.165, 1.54) is 19.3 Å². The lowest BCUT2D eigenvalue weighted by atomic mass is 9.67. The fourth-order valence-corrected chi connectivity index (χ4v) is 3.79. The first-order valence-corrected chi connectivity index (χ1v) is 11.5. The van der Waals surface area contributed by atoms with Crippen LogP contribution in [0.3, 0.4) is 0 Å². The quantitative estimate of drug-likeness (QED) is 0.210. The molecule has 0 spiro atoms. The maximum Gasteiger partial charge on any atom is 0.219 e. The number of pyridine rings is 1. The first-order valence-electron chi connectivity index (χ1n) is 11.5. The van der Waals surface area contributed by atoms with Crippen LogP contribution in [0.25, 0.3) is 0 Å². The molecule has 0 unspecified atom stereocenters. The third kappa shape index (κ3) is 8.66. The lowest BCUT2D eigenvalue weighted by Gasteiger charge is -2.42. The first kappa shape index (κ1) is 27.2. The second-order valence-corrected chi connectivity index (χ2v) is 8.15. The number of halogens is 1. The number of guanidine groups is 1. The van der Waals surface area contributed by atoms with Gasteiger partial charge in [0.1, 0.15) is 11.5 Å². The molecular formula is C25H37IN4O3. The van der Waals surface area contributed by atoms with Gasteiger partial charge in [-0.05, 0) is 74.4 Å². The van der Waals surface area contributed by atoms with Crippen LogP contribution < -0.4 is 20.1 Å². The third-order valence-corrected chi connectivity index (χ3v) is 5.80. The van der Waals surface area contributed by atoms with Crippen LogP contribution >= 0.6 is 24.0 Å². The van der Waals surface area contributed by atoms with Gasteiger partial charge in [-0.25, -0.2) is 9.98 Å².